The van der Waals surface area contributed by atoms with E-state index < -0.39 is 0 Å². The van der Waals surface area contributed by atoms with Crippen molar-refractivity contribution < 1.29 is 0 Å². The van der Waals surface area contributed by atoms with E-state index >= 15 is 0 Å². The number of hydrogen-bond acceptors (Lipinski definition) is 0. The Morgan fingerprint density at radius 2 is 1.56 bits per heavy atom. The summed E-state index contributed by atoms with van der Waals surface area (Å²) in [5, 5.41) is 0. The molecular weight excluding hydrogens is 238 g/mol. The SMILES string of the molecule is Cc1ccc(B(CC=CCl)c2ccccc2)cc1. The van der Waals surface area contributed by atoms with E-state index in [4.69, 9.17) is 11.6 Å². The van der Waals surface area contributed by atoms with E-state index in [0.717, 1.165) is 6.32 Å². The fourth-order valence-corrected chi connectivity index (χ4v) is 2.24. The van der Waals surface area contributed by atoms with Gasteiger partial charge in [0.25, 0.3) is 0 Å². The summed E-state index contributed by atoms with van der Waals surface area (Å²) in [5.74, 6) is 0. The van der Waals surface area contributed by atoms with Crippen molar-refractivity contribution in [2.75, 3.05) is 0 Å². The van der Waals surface area contributed by atoms with Crippen LogP contribution in [0.2, 0.25) is 6.32 Å². The minimum atomic E-state index is 0.377. The van der Waals surface area contributed by atoms with Crippen molar-refractivity contribution in [2.24, 2.45) is 0 Å². The molecule has 2 aromatic carbocycles. The van der Waals surface area contributed by atoms with E-state index in [1.165, 1.54) is 16.5 Å². The van der Waals surface area contributed by atoms with Gasteiger partial charge in [0.15, 0.2) is 0 Å². The minimum Gasteiger partial charge on any atom is -0.0933 e. The Morgan fingerprint density at radius 3 is 2.17 bits per heavy atom. The molecule has 0 radical (unpaired) electrons. The Kier molecular flexibility index (Phi) is 4.66. The van der Waals surface area contributed by atoms with Gasteiger partial charge in [0, 0.05) is 0 Å². The summed E-state index contributed by atoms with van der Waals surface area (Å²) >= 11 is 5.67. The molecule has 18 heavy (non-hydrogen) atoms. The predicted octanol–water partition coefficient (Wildman–Crippen LogP) is 3.36. The van der Waals surface area contributed by atoms with Gasteiger partial charge in [0.2, 0.25) is 6.71 Å². The lowest BCUT2D eigenvalue weighted by molar-refractivity contribution is 1.48. The van der Waals surface area contributed by atoms with Crippen molar-refractivity contribution in [3.8, 4) is 0 Å². The summed E-state index contributed by atoms with van der Waals surface area (Å²) in [6.07, 6.45) is 2.94. The molecule has 0 saturated carbocycles. The van der Waals surface area contributed by atoms with E-state index in [-0.39, 0.29) is 0 Å². The number of halogens is 1. The van der Waals surface area contributed by atoms with Crippen LogP contribution in [0.1, 0.15) is 5.56 Å². The molecule has 0 bridgehead atoms. The quantitative estimate of drug-likeness (QED) is 0.734. The normalized spacial score (nSPS) is 10.8. The van der Waals surface area contributed by atoms with Crippen LogP contribution in [0.25, 0.3) is 0 Å². The van der Waals surface area contributed by atoms with Gasteiger partial charge < -0.3 is 0 Å². The molecule has 0 aliphatic rings. The number of benzene rings is 2. The molecule has 0 atom stereocenters. The van der Waals surface area contributed by atoms with Gasteiger partial charge >= 0.3 is 0 Å². The predicted molar refractivity (Wildman–Crippen MR) is 82.4 cm³/mol. The highest BCUT2D eigenvalue weighted by Crippen LogP contribution is 2.02. The van der Waals surface area contributed by atoms with Gasteiger partial charge in [0.05, 0.1) is 0 Å². The third-order valence-corrected chi connectivity index (χ3v) is 3.32. The Hall–Kier alpha value is -1.47. The fourth-order valence-electron chi connectivity index (χ4n) is 2.14. The maximum Gasteiger partial charge on any atom is 0.213 e. The van der Waals surface area contributed by atoms with E-state index in [0.29, 0.717) is 6.71 Å². The molecule has 0 spiro atoms. The van der Waals surface area contributed by atoms with Crippen LogP contribution in [0.3, 0.4) is 0 Å². The smallest absolute Gasteiger partial charge is 0.0933 e. The second-order valence-electron chi connectivity index (χ2n) is 4.47. The van der Waals surface area contributed by atoms with Crippen LogP contribution in [0.15, 0.2) is 66.2 Å². The van der Waals surface area contributed by atoms with Crippen molar-refractivity contribution in [3.05, 3.63) is 71.8 Å². The van der Waals surface area contributed by atoms with Gasteiger partial charge in [-0.25, -0.2) is 0 Å². The molecule has 0 nitrogen and oxygen atoms in total. The minimum absolute atomic E-state index is 0.377. The lowest BCUT2D eigenvalue weighted by Crippen LogP contribution is -2.41. The Morgan fingerprint density at radius 1 is 0.944 bits per heavy atom. The lowest BCUT2D eigenvalue weighted by atomic mass is 9.39. The van der Waals surface area contributed by atoms with E-state index in [1.54, 1.807) is 5.54 Å². The Bertz CT molecular complexity index is 502. The zero-order chi connectivity index (χ0) is 12.8. The van der Waals surface area contributed by atoms with Crippen molar-refractivity contribution in [1.82, 2.24) is 0 Å². The van der Waals surface area contributed by atoms with Gasteiger partial charge in [-0.3, -0.25) is 0 Å². The maximum absolute atomic E-state index is 5.67. The summed E-state index contributed by atoms with van der Waals surface area (Å²) < 4.78 is 0. The number of allylic oxidation sites excluding steroid dienone is 1. The molecule has 0 saturated heterocycles. The molecule has 90 valence electrons. The number of hydrogen-bond donors (Lipinski definition) is 0. The van der Waals surface area contributed by atoms with Crippen LogP contribution in [-0.2, 0) is 0 Å². The molecule has 0 aliphatic heterocycles. The van der Waals surface area contributed by atoms with Gasteiger partial charge in [-0.1, -0.05) is 88.8 Å². The number of rotatable bonds is 4. The first kappa shape index (κ1) is 13.0. The van der Waals surface area contributed by atoms with E-state index in [9.17, 15) is 0 Å². The monoisotopic (exact) mass is 254 g/mol. The lowest BCUT2D eigenvalue weighted by Gasteiger charge is -2.13. The van der Waals surface area contributed by atoms with Gasteiger partial charge in [-0.05, 0) is 18.8 Å². The van der Waals surface area contributed by atoms with Crippen LogP contribution in [0.4, 0.5) is 0 Å². The molecule has 0 amide bonds. The molecule has 0 unspecified atom stereocenters. The first-order valence-electron chi connectivity index (χ1n) is 6.18. The van der Waals surface area contributed by atoms with Crippen LogP contribution < -0.4 is 10.9 Å². The molecule has 0 aromatic heterocycles. The first-order chi connectivity index (χ1) is 8.81. The van der Waals surface area contributed by atoms with Gasteiger partial charge in [-0.15, -0.1) is 0 Å². The first-order valence-corrected chi connectivity index (χ1v) is 6.61. The average Bonchev–Trinajstić information content (AvgIpc) is 2.42. The molecular formula is C16H16BCl. The molecule has 2 heteroatoms. The van der Waals surface area contributed by atoms with Gasteiger partial charge in [0.1, 0.15) is 0 Å². The summed E-state index contributed by atoms with van der Waals surface area (Å²) in [6, 6.07) is 19.3. The summed E-state index contributed by atoms with van der Waals surface area (Å²) in [7, 11) is 0. The highest BCUT2D eigenvalue weighted by Gasteiger charge is 2.16. The molecule has 2 aromatic rings. The van der Waals surface area contributed by atoms with Crippen LogP contribution in [-0.4, -0.2) is 6.71 Å². The maximum atomic E-state index is 5.67. The number of aryl methyl sites for hydroxylation is 1. The highest BCUT2D eigenvalue weighted by molar-refractivity contribution is 6.85. The van der Waals surface area contributed by atoms with E-state index in [1.807, 2.05) is 12.1 Å². The zero-order valence-electron chi connectivity index (χ0n) is 10.5. The van der Waals surface area contributed by atoms with Crippen molar-refractivity contribution in [2.45, 2.75) is 13.2 Å². The Labute approximate surface area is 114 Å². The molecule has 0 N–H and O–H groups in total. The third kappa shape index (κ3) is 3.27. The van der Waals surface area contributed by atoms with Crippen LogP contribution >= 0.6 is 11.6 Å². The Balaban J connectivity index is 2.33. The second kappa shape index (κ2) is 6.46. The molecule has 0 aliphatic carbocycles. The molecule has 0 heterocycles. The summed E-state index contributed by atoms with van der Waals surface area (Å²) in [4.78, 5) is 0. The van der Waals surface area contributed by atoms with Crippen molar-refractivity contribution in [1.29, 1.82) is 0 Å². The van der Waals surface area contributed by atoms with Gasteiger partial charge in [-0.2, -0.15) is 0 Å². The average molecular weight is 255 g/mol. The van der Waals surface area contributed by atoms with E-state index in [2.05, 4.69) is 55.5 Å². The molecule has 2 rings (SSSR count). The second-order valence-corrected chi connectivity index (χ2v) is 4.72. The summed E-state index contributed by atoms with van der Waals surface area (Å²) in [5.41, 5.74) is 5.56. The fraction of sp³-hybridized carbons (Fsp3) is 0.125. The highest BCUT2D eigenvalue weighted by atomic mass is 35.5. The zero-order valence-corrected chi connectivity index (χ0v) is 11.3. The third-order valence-electron chi connectivity index (χ3n) is 3.14. The van der Waals surface area contributed by atoms with Crippen molar-refractivity contribution >= 4 is 29.2 Å². The standard InChI is InChI=1S/C16H16BCl/c1-14-8-10-16(11-9-14)17(12-5-13-18)15-6-3-2-4-7-15/h2-11,13H,12H2,1H3. The topological polar surface area (TPSA) is 0 Å². The van der Waals surface area contributed by atoms with Crippen molar-refractivity contribution in [3.63, 3.8) is 0 Å². The van der Waals surface area contributed by atoms with Crippen LogP contribution in [0.5, 0.6) is 0 Å². The summed E-state index contributed by atoms with van der Waals surface area (Å²) in [6.45, 7) is 2.49. The van der Waals surface area contributed by atoms with Crippen LogP contribution in [0, 0.1) is 6.92 Å². The molecule has 0 fully saturated rings. The largest absolute Gasteiger partial charge is 0.213 e.